The molecule has 0 fully saturated rings. The zero-order valence-electron chi connectivity index (χ0n) is 18.8. The van der Waals surface area contributed by atoms with Crippen LogP contribution in [0.25, 0.3) is 39.0 Å². The van der Waals surface area contributed by atoms with E-state index in [-0.39, 0.29) is 12.8 Å². The van der Waals surface area contributed by atoms with Gasteiger partial charge in [-0.2, -0.15) is 0 Å². The van der Waals surface area contributed by atoms with Gasteiger partial charge >= 0.3 is 11.9 Å². The number of aliphatic carboxylic acids is 2. The second kappa shape index (κ2) is 9.83. The highest BCUT2D eigenvalue weighted by molar-refractivity contribution is 7.29. The van der Waals surface area contributed by atoms with Crippen molar-refractivity contribution in [1.82, 2.24) is 0 Å². The zero-order valence-corrected chi connectivity index (χ0v) is 22.9. The number of carboxylic acid groups (broad SMARTS) is 2. The lowest BCUT2D eigenvalue weighted by Crippen LogP contribution is -1.99. The van der Waals surface area contributed by atoms with Crippen LogP contribution in [0, 0.1) is 13.8 Å². The Bertz CT molecular complexity index is 1430. The summed E-state index contributed by atoms with van der Waals surface area (Å²) in [7, 11) is 0. The van der Waals surface area contributed by atoms with Crippen LogP contribution in [0.3, 0.4) is 0 Å². The molecule has 0 aliphatic heterocycles. The molecule has 0 amide bonds. The molecule has 0 saturated heterocycles. The molecule has 0 aromatic carbocycles. The standard InChI is InChI=1S/C26H20O4S5/c1-13-3-5-17(31-13)21-9-15(11-23(27)28)25(34-21)19-7-8-20(33-19)26-16(12-24(29)30)10-22(35-26)18-6-4-14(2)32-18/h3-10H,11-12H2,1-2H3,(H,27,28)(H,29,30). The van der Waals surface area contributed by atoms with Crippen LogP contribution in [0.4, 0.5) is 0 Å². The minimum Gasteiger partial charge on any atom is -0.481 e. The first kappa shape index (κ1) is 24.1. The molecule has 5 heterocycles. The van der Waals surface area contributed by atoms with E-state index < -0.39 is 11.9 Å². The number of carbonyl (C=O) groups is 2. The van der Waals surface area contributed by atoms with Crippen LogP contribution in [0.15, 0.2) is 48.5 Å². The molecule has 5 aromatic rings. The molecule has 35 heavy (non-hydrogen) atoms. The number of carboxylic acids is 2. The lowest BCUT2D eigenvalue weighted by atomic mass is 10.1. The molecule has 0 atom stereocenters. The smallest absolute Gasteiger partial charge is 0.307 e. The third kappa shape index (κ3) is 5.19. The van der Waals surface area contributed by atoms with Gasteiger partial charge in [0.2, 0.25) is 0 Å². The average molecular weight is 557 g/mol. The number of hydrogen-bond acceptors (Lipinski definition) is 7. The van der Waals surface area contributed by atoms with Crippen LogP contribution >= 0.6 is 56.7 Å². The second-order valence-corrected chi connectivity index (χ2v) is 13.8. The molecule has 5 aromatic heterocycles. The van der Waals surface area contributed by atoms with E-state index in [1.54, 1.807) is 56.7 Å². The third-order valence-corrected chi connectivity index (χ3v) is 11.5. The molecule has 4 nitrogen and oxygen atoms in total. The van der Waals surface area contributed by atoms with Gasteiger partial charge in [-0.25, -0.2) is 0 Å². The monoisotopic (exact) mass is 556 g/mol. The largest absolute Gasteiger partial charge is 0.481 e. The fourth-order valence-corrected chi connectivity index (χ4v) is 9.38. The fraction of sp³-hybridized carbons (Fsp3) is 0.154. The van der Waals surface area contributed by atoms with Crippen molar-refractivity contribution < 1.29 is 19.8 Å². The molecule has 5 rings (SSSR count). The first-order valence-electron chi connectivity index (χ1n) is 10.7. The summed E-state index contributed by atoms with van der Waals surface area (Å²) in [6, 6.07) is 16.4. The number of thiophene rings is 5. The van der Waals surface area contributed by atoms with E-state index in [0.29, 0.717) is 0 Å². The quantitative estimate of drug-likeness (QED) is 0.201. The van der Waals surface area contributed by atoms with E-state index in [1.165, 1.54) is 9.75 Å². The summed E-state index contributed by atoms with van der Waals surface area (Å²) in [6.45, 7) is 4.13. The third-order valence-electron chi connectivity index (χ3n) is 5.32. The van der Waals surface area contributed by atoms with E-state index >= 15 is 0 Å². The highest BCUT2D eigenvalue weighted by atomic mass is 32.1. The van der Waals surface area contributed by atoms with Gasteiger partial charge in [0.15, 0.2) is 0 Å². The summed E-state index contributed by atoms with van der Waals surface area (Å²) in [5, 5.41) is 19.0. The lowest BCUT2D eigenvalue weighted by Gasteiger charge is -1.99. The van der Waals surface area contributed by atoms with Crippen LogP contribution in [0.1, 0.15) is 20.9 Å². The van der Waals surface area contributed by atoms with Gasteiger partial charge in [-0.05, 0) is 73.5 Å². The summed E-state index contributed by atoms with van der Waals surface area (Å²) in [5.41, 5.74) is 1.62. The first-order chi connectivity index (χ1) is 16.8. The summed E-state index contributed by atoms with van der Waals surface area (Å²) in [6.07, 6.45) is -0.0663. The topological polar surface area (TPSA) is 74.6 Å². The summed E-state index contributed by atoms with van der Waals surface area (Å²) >= 11 is 8.23. The second-order valence-electron chi connectivity index (χ2n) is 8.06. The Hall–Kier alpha value is -2.56. The Morgan fingerprint density at radius 2 is 0.971 bits per heavy atom. The number of aryl methyl sites for hydroxylation is 2. The van der Waals surface area contributed by atoms with E-state index in [9.17, 15) is 19.8 Å². The molecule has 0 radical (unpaired) electrons. The maximum atomic E-state index is 11.6. The highest BCUT2D eigenvalue weighted by Crippen LogP contribution is 2.47. The molecule has 2 N–H and O–H groups in total. The minimum absolute atomic E-state index is 0.0332. The fourth-order valence-electron chi connectivity index (χ4n) is 3.82. The maximum absolute atomic E-state index is 11.6. The van der Waals surface area contributed by atoms with Gasteiger partial charge in [0.05, 0.1) is 12.8 Å². The van der Waals surface area contributed by atoms with Crippen molar-refractivity contribution in [2.24, 2.45) is 0 Å². The van der Waals surface area contributed by atoms with Crippen LogP contribution in [-0.4, -0.2) is 22.2 Å². The van der Waals surface area contributed by atoms with Gasteiger partial charge < -0.3 is 10.2 Å². The Kier molecular flexibility index (Phi) is 6.78. The van der Waals surface area contributed by atoms with Crippen LogP contribution < -0.4 is 0 Å². The van der Waals surface area contributed by atoms with Crippen molar-refractivity contribution in [3.8, 4) is 39.0 Å². The van der Waals surface area contributed by atoms with Crippen molar-refractivity contribution in [2.45, 2.75) is 26.7 Å². The number of hydrogen-bond donors (Lipinski definition) is 2. The van der Waals surface area contributed by atoms with Crippen molar-refractivity contribution in [3.05, 3.63) is 69.4 Å². The Morgan fingerprint density at radius 1 is 0.571 bits per heavy atom. The SMILES string of the molecule is Cc1ccc(-c2cc(CC(=O)O)c(-c3ccc(-c4sc(-c5ccc(C)s5)cc4CC(=O)O)s3)s2)s1. The van der Waals surface area contributed by atoms with Crippen molar-refractivity contribution in [1.29, 1.82) is 0 Å². The van der Waals surface area contributed by atoms with Crippen LogP contribution in [0.5, 0.6) is 0 Å². The molecule has 0 bridgehead atoms. The number of rotatable bonds is 8. The van der Waals surface area contributed by atoms with Gasteiger partial charge in [-0.15, -0.1) is 56.7 Å². The molecule has 178 valence electrons. The van der Waals surface area contributed by atoms with Crippen molar-refractivity contribution >= 4 is 68.6 Å². The summed E-state index contributed by atoms with van der Waals surface area (Å²) in [5.74, 6) is -1.71. The molecule has 9 heteroatoms. The van der Waals surface area contributed by atoms with Gasteiger partial charge in [0, 0.05) is 48.8 Å². The maximum Gasteiger partial charge on any atom is 0.307 e. The van der Waals surface area contributed by atoms with E-state index in [1.807, 2.05) is 24.3 Å². The van der Waals surface area contributed by atoms with E-state index in [2.05, 4.69) is 38.1 Å². The molecule has 0 saturated carbocycles. The Labute approximate surface area is 222 Å². The zero-order chi connectivity index (χ0) is 24.7. The summed E-state index contributed by atoms with van der Waals surface area (Å²) in [4.78, 5) is 33.9. The van der Waals surface area contributed by atoms with Crippen molar-refractivity contribution in [2.75, 3.05) is 0 Å². The minimum atomic E-state index is -0.854. The van der Waals surface area contributed by atoms with Crippen LogP contribution in [-0.2, 0) is 22.4 Å². The molecule has 0 unspecified atom stereocenters. The van der Waals surface area contributed by atoms with Gasteiger partial charge in [0.25, 0.3) is 0 Å². The molecular formula is C26H20O4S5. The normalized spacial score (nSPS) is 11.3. The van der Waals surface area contributed by atoms with Crippen LogP contribution in [0.2, 0.25) is 0 Å². The predicted molar refractivity (Wildman–Crippen MR) is 150 cm³/mol. The molecular weight excluding hydrogens is 537 g/mol. The molecule has 0 aliphatic carbocycles. The van der Waals surface area contributed by atoms with Gasteiger partial charge in [-0.3, -0.25) is 9.59 Å². The van der Waals surface area contributed by atoms with Gasteiger partial charge in [0.1, 0.15) is 0 Å². The molecule has 0 spiro atoms. The highest BCUT2D eigenvalue weighted by Gasteiger charge is 2.20. The summed E-state index contributed by atoms with van der Waals surface area (Å²) < 4.78 is 0. The van der Waals surface area contributed by atoms with E-state index in [0.717, 1.165) is 50.1 Å². The first-order valence-corrected chi connectivity index (χ1v) is 14.8. The van der Waals surface area contributed by atoms with Gasteiger partial charge in [-0.1, -0.05) is 0 Å². The Morgan fingerprint density at radius 3 is 1.31 bits per heavy atom. The lowest BCUT2D eigenvalue weighted by molar-refractivity contribution is -0.137. The molecule has 0 aliphatic rings. The predicted octanol–water partition coefficient (Wildman–Crippen LogP) is 8.53. The van der Waals surface area contributed by atoms with E-state index in [4.69, 9.17) is 0 Å². The average Bonchev–Trinajstić information content (AvgIpc) is 3.57. The Balaban J connectivity index is 1.56. The van der Waals surface area contributed by atoms with Crippen molar-refractivity contribution in [3.63, 3.8) is 0 Å².